The number of rotatable bonds is 5. The van der Waals surface area contributed by atoms with Crippen LogP contribution in [-0.4, -0.2) is 22.1 Å². The zero-order valence-electron chi connectivity index (χ0n) is 9.06. The van der Waals surface area contributed by atoms with Gasteiger partial charge in [0.2, 0.25) is 0 Å². The third-order valence-corrected chi connectivity index (χ3v) is 1.95. The number of hydrogen-bond donors (Lipinski definition) is 1. The highest BCUT2D eigenvalue weighted by molar-refractivity contribution is 5.69. The Bertz CT molecular complexity index is 460. The molecule has 0 bridgehead atoms. The Morgan fingerprint density at radius 2 is 2.25 bits per heavy atom. The molecule has 1 N–H and O–H groups in total. The maximum atomic E-state index is 11.2. The number of carbonyl (C=O) groups is 1. The molecule has 0 fully saturated rings. The van der Waals surface area contributed by atoms with E-state index in [0.29, 0.717) is 6.42 Å². The topological polar surface area (TPSA) is 81.2 Å². The van der Waals surface area contributed by atoms with Crippen molar-refractivity contribution in [3.8, 4) is 0 Å². The van der Waals surface area contributed by atoms with Crippen LogP contribution in [0.4, 0.5) is 0 Å². The molecule has 6 nitrogen and oxygen atoms in total. The minimum Gasteiger partial charge on any atom is -0.464 e. The molecule has 16 heavy (non-hydrogen) atoms. The number of nitrogens with zero attached hydrogens (tertiary/aromatic N) is 1. The lowest BCUT2D eigenvalue weighted by Gasteiger charge is -2.05. The van der Waals surface area contributed by atoms with Gasteiger partial charge in [-0.25, -0.2) is 4.79 Å². The van der Waals surface area contributed by atoms with Gasteiger partial charge >= 0.3 is 11.7 Å². The van der Waals surface area contributed by atoms with Gasteiger partial charge in [-0.15, -0.1) is 0 Å². The smallest absolute Gasteiger partial charge is 0.328 e. The summed E-state index contributed by atoms with van der Waals surface area (Å²) in [5.41, 5.74) is -0.941. The van der Waals surface area contributed by atoms with Crippen molar-refractivity contribution >= 4 is 5.97 Å². The Balaban J connectivity index is 2.46. The van der Waals surface area contributed by atoms with E-state index in [0.717, 1.165) is 6.42 Å². The molecule has 1 rings (SSSR count). The molecule has 88 valence electrons. The number of H-pyrrole nitrogens is 1. The van der Waals surface area contributed by atoms with E-state index in [4.69, 9.17) is 4.74 Å². The molecule has 0 amide bonds. The number of aromatic amines is 1. The molecule has 0 saturated carbocycles. The van der Waals surface area contributed by atoms with Crippen LogP contribution in [0.1, 0.15) is 19.8 Å². The van der Waals surface area contributed by atoms with Crippen LogP contribution < -0.4 is 11.2 Å². The van der Waals surface area contributed by atoms with Crippen LogP contribution in [0.5, 0.6) is 0 Å². The van der Waals surface area contributed by atoms with Crippen LogP contribution in [0.2, 0.25) is 0 Å². The SMILES string of the molecule is CCCC(=O)OCCn1ccc(=O)[nH]c1=O. The maximum absolute atomic E-state index is 11.2. The van der Waals surface area contributed by atoms with Crippen LogP contribution in [0, 0.1) is 0 Å². The summed E-state index contributed by atoms with van der Waals surface area (Å²) in [6.07, 6.45) is 2.48. The predicted molar refractivity (Wildman–Crippen MR) is 57.2 cm³/mol. The Hall–Kier alpha value is -1.85. The molecule has 0 aliphatic carbocycles. The van der Waals surface area contributed by atoms with Gasteiger partial charge in [-0.05, 0) is 6.42 Å². The Morgan fingerprint density at radius 3 is 2.88 bits per heavy atom. The van der Waals surface area contributed by atoms with Crippen LogP contribution >= 0.6 is 0 Å². The second kappa shape index (κ2) is 5.89. The molecule has 0 aliphatic heterocycles. The van der Waals surface area contributed by atoms with Crippen molar-refractivity contribution in [3.05, 3.63) is 33.1 Å². The first-order valence-electron chi connectivity index (χ1n) is 5.09. The highest BCUT2D eigenvalue weighted by atomic mass is 16.5. The lowest BCUT2D eigenvalue weighted by atomic mass is 10.3. The van der Waals surface area contributed by atoms with Crippen molar-refractivity contribution in [1.82, 2.24) is 9.55 Å². The number of aromatic nitrogens is 2. The number of esters is 1. The molecular formula is C10H14N2O4. The number of carbonyl (C=O) groups excluding carboxylic acids is 1. The first-order valence-corrected chi connectivity index (χ1v) is 5.09. The fourth-order valence-electron chi connectivity index (χ4n) is 1.15. The second-order valence-corrected chi connectivity index (χ2v) is 3.27. The lowest BCUT2D eigenvalue weighted by Crippen LogP contribution is -2.30. The fraction of sp³-hybridized carbons (Fsp3) is 0.500. The summed E-state index contributed by atoms with van der Waals surface area (Å²) in [7, 11) is 0. The van der Waals surface area contributed by atoms with Crippen LogP contribution in [-0.2, 0) is 16.1 Å². The Labute approximate surface area is 91.9 Å². The van der Waals surface area contributed by atoms with Crippen LogP contribution in [0.15, 0.2) is 21.9 Å². The standard InChI is InChI=1S/C10H14N2O4/c1-2-3-9(14)16-7-6-12-5-4-8(13)11-10(12)15/h4-5H,2-3,6-7H2,1H3,(H,11,13,15). The van der Waals surface area contributed by atoms with Gasteiger partial charge in [0.25, 0.3) is 5.56 Å². The molecule has 1 heterocycles. The monoisotopic (exact) mass is 226 g/mol. The van der Waals surface area contributed by atoms with E-state index in [1.54, 1.807) is 0 Å². The summed E-state index contributed by atoms with van der Waals surface area (Å²) in [6.45, 7) is 2.25. The zero-order chi connectivity index (χ0) is 12.0. The van der Waals surface area contributed by atoms with Crippen LogP contribution in [0.25, 0.3) is 0 Å². The van der Waals surface area contributed by atoms with E-state index in [-0.39, 0.29) is 19.1 Å². The molecular weight excluding hydrogens is 212 g/mol. The maximum Gasteiger partial charge on any atom is 0.328 e. The van der Waals surface area contributed by atoms with E-state index in [1.165, 1.54) is 16.8 Å². The molecule has 1 aromatic rings. The number of hydrogen-bond acceptors (Lipinski definition) is 4. The normalized spacial score (nSPS) is 10.1. The molecule has 1 aromatic heterocycles. The highest BCUT2D eigenvalue weighted by Gasteiger charge is 2.01. The molecule has 0 unspecified atom stereocenters. The predicted octanol–water partition coefficient (Wildman–Crippen LogP) is -0.120. The molecule has 0 aromatic carbocycles. The van der Waals surface area contributed by atoms with E-state index in [9.17, 15) is 14.4 Å². The van der Waals surface area contributed by atoms with E-state index in [1.807, 2.05) is 6.92 Å². The molecule has 0 radical (unpaired) electrons. The van der Waals surface area contributed by atoms with Gasteiger partial charge in [-0.2, -0.15) is 0 Å². The molecule has 0 spiro atoms. The van der Waals surface area contributed by atoms with E-state index in [2.05, 4.69) is 4.98 Å². The van der Waals surface area contributed by atoms with Gasteiger partial charge in [-0.3, -0.25) is 19.1 Å². The third-order valence-electron chi connectivity index (χ3n) is 1.95. The van der Waals surface area contributed by atoms with Gasteiger partial charge < -0.3 is 4.74 Å². The van der Waals surface area contributed by atoms with Gasteiger partial charge in [-0.1, -0.05) is 6.92 Å². The van der Waals surface area contributed by atoms with Crippen LogP contribution in [0.3, 0.4) is 0 Å². The summed E-state index contributed by atoms with van der Waals surface area (Å²) >= 11 is 0. The first kappa shape index (κ1) is 12.2. The summed E-state index contributed by atoms with van der Waals surface area (Å²) < 4.78 is 6.16. The minimum absolute atomic E-state index is 0.130. The van der Waals surface area contributed by atoms with Crippen molar-refractivity contribution < 1.29 is 9.53 Å². The largest absolute Gasteiger partial charge is 0.464 e. The molecule has 0 aliphatic rings. The lowest BCUT2D eigenvalue weighted by molar-refractivity contribution is -0.143. The highest BCUT2D eigenvalue weighted by Crippen LogP contribution is 1.91. The van der Waals surface area contributed by atoms with Crippen molar-refractivity contribution in [1.29, 1.82) is 0 Å². The summed E-state index contributed by atoms with van der Waals surface area (Å²) in [5, 5.41) is 0. The third kappa shape index (κ3) is 3.72. The molecule has 6 heteroatoms. The zero-order valence-corrected chi connectivity index (χ0v) is 9.06. The molecule has 0 atom stereocenters. The van der Waals surface area contributed by atoms with Gasteiger partial charge in [0, 0.05) is 18.7 Å². The fourth-order valence-corrected chi connectivity index (χ4v) is 1.15. The summed E-state index contributed by atoms with van der Waals surface area (Å²) in [5.74, 6) is -0.278. The van der Waals surface area contributed by atoms with E-state index >= 15 is 0 Å². The average molecular weight is 226 g/mol. The van der Waals surface area contributed by atoms with Crippen molar-refractivity contribution in [2.75, 3.05) is 6.61 Å². The van der Waals surface area contributed by atoms with Gasteiger partial charge in [0.1, 0.15) is 6.61 Å². The first-order chi connectivity index (χ1) is 7.63. The number of nitrogens with one attached hydrogen (secondary N) is 1. The Kier molecular flexibility index (Phi) is 4.50. The van der Waals surface area contributed by atoms with Crippen molar-refractivity contribution in [3.63, 3.8) is 0 Å². The van der Waals surface area contributed by atoms with Gasteiger partial charge in [0.15, 0.2) is 0 Å². The molecule has 0 saturated heterocycles. The van der Waals surface area contributed by atoms with Crippen molar-refractivity contribution in [2.24, 2.45) is 0 Å². The average Bonchev–Trinajstić information content (AvgIpc) is 2.22. The Morgan fingerprint density at radius 1 is 1.50 bits per heavy atom. The van der Waals surface area contributed by atoms with Crippen molar-refractivity contribution in [2.45, 2.75) is 26.3 Å². The summed E-state index contributed by atoms with van der Waals surface area (Å²) in [6, 6.07) is 1.25. The summed E-state index contributed by atoms with van der Waals surface area (Å²) in [4.78, 5) is 35.1. The van der Waals surface area contributed by atoms with E-state index < -0.39 is 11.2 Å². The number of ether oxygens (including phenoxy) is 1. The second-order valence-electron chi connectivity index (χ2n) is 3.27. The van der Waals surface area contributed by atoms with Gasteiger partial charge in [0.05, 0.1) is 6.54 Å². The quantitative estimate of drug-likeness (QED) is 0.710. The minimum atomic E-state index is -0.501.